The van der Waals surface area contributed by atoms with Crippen LogP contribution in [0.3, 0.4) is 0 Å². The van der Waals surface area contributed by atoms with E-state index in [2.05, 4.69) is 25.9 Å². The molecule has 0 bridgehead atoms. The second-order valence-corrected chi connectivity index (χ2v) is 9.27. The molecule has 1 fully saturated rings. The van der Waals surface area contributed by atoms with Gasteiger partial charge in [-0.2, -0.15) is 0 Å². The van der Waals surface area contributed by atoms with Crippen LogP contribution in [0.5, 0.6) is 0 Å². The second kappa shape index (κ2) is 11.4. The largest absolute Gasteiger partial charge is 0.381 e. The first-order chi connectivity index (χ1) is 16.4. The average Bonchev–Trinajstić information content (AvgIpc) is 3.14. The topological polar surface area (TPSA) is 88.2 Å². The van der Waals surface area contributed by atoms with E-state index in [4.69, 9.17) is 16.3 Å². The number of rotatable bonds is 9. The van der Waals surface area contributed by atoms with Gasteiger partial charge >= 0.3 is 0 Å². The molecule has 2 aliphatic rings. The molecule has 4 rings (SSSR count). The number of alkyl halides is 1. The van der Waals surface area contributed by atoms with Crippen LogP contribution in [0.4, 0.5) is 14.6 Å². The lowest BCUT2D eigenvalue weighted by atomic mass is 9.96. The van der Waals surface area contributed by atoms with Gasteiger partial charge in [0.25, 0.3) is 0 Å². The number of halogens is 3. The predicted molar refractivity (Wildman–Crippen MR) is 126 cm³/mol. The standard InChI is InChI=1S/C24H30ClF2N5O2/c1-14-10-20(27)22-21(14)23(32-13-31-22)28-6-7-29-24(33)17(12-30-16-4-8-34-9-5-16)15-2-3-18(25)19(26)11-15/h2-3,11,13-14,16-17,20,30H,4-10,12H2,1H3,(H,29,33)(H,28,31,32)/t14-,17-,20-/m1/s1. The molecule has 1 aliphatic carbocycles. The summed E-state index contributed by atoms with van der Waals surface area (Å²) in [7, 11) is 0. The maximum Gasteiger partial charge on any atom is 0.228 e. The highest BCUT2D eigenvalue weighted by atomic mass is 35.5. The van der Waals surface area contributed by atoms with Crippen LogP contribution in [0.25, 0.3) is 0 Å². The Balaban J connectivity index is 1.36. The quantitative estimate of drug-likeness (QED) is 0.460. The number of carbonyl (C=O) groups is 1. The van der Waals surface area contributed by atoms with Crippen LogP contribution in [0.2, 0.25) is 5.02 Å². The van der Waals surface area contributed by atoms with E-state index >= 15 is 0 Å². The fourth-order valence-corrected chi connectivity index (χ4v) is 4.71. The Labute approximate surface area is 203 Å². The van der Waals surface area contributed by atoms with Crippen LogP contribution >= 0.6 is 11.6 Å². The summed E-state index contributed by atoms with van der Waals surface area (Å²) in [5.41, 5.74) is 1.80. The van der Waals surface area contributed by atoms with Gasteiger partial charge < -0.3 is 20.7 Å². The fraction of sp³-hybridized carbons (Fsp3) is 0.542. The van der Waals surface area contributed by atoms with Crippen LogP contribution in [0.1, 0.15) is 61.0 Å². The number of fused-ring (bicyclic) bond motifs is 1. The van der Waals surface area contributed by atoms with Gasteiger partial charge in [-0.1, -0.05) is 24.6 Å². The predicted octanol–water partition coefficient (Wildman–Crippen LogP) is 3.87. The molecule has 0 unspecified atom stereocenters. The molecule has 3 N–H and O–H groups in total. The molecule has 0 saturated carbocycles. The van der Waals surface area contributed by atoms with Crippen molar-refractivity contribution >= 4 is 23.3 Å². The summed E-state index contributed by atoms with van der Waals surface area (Å²) >= 11 is 5.84. The molecule has 184 valence electrons. The summed E-state index contributed by atoms with van der Waals surface area (Å²) in [6.07, 6.45) is 2.43. The van der Waals surface area contributed by atoms with Crippen molar-refractivity contribution in [3.05, 3.63) is 52.2 Å². The van der Waals surface area contributed by atoms with Crippen LogP contribution < -0.4 is 16.0 Å². The lowest BCUT2D eigenvalue weighted by Gasteiger charge is -2.26. The number of carbonyl (C=O) groups excluding carboxylic acids is 1. The van der Waals surface area contributed by atoms with Gasteiger partial charge in [-0.05, 0) is 42.9 Å². The summed E-state index contributed by atoms with van der Waals surface area (Å²) in [5, 5.41) is 9.56. The molecule has 34 heavy (non-hydrogen) atoms. The lowest BCUT2D eigenvalue weighted by molar-refractivity contribution is -0.122. The van der Waals surface area contributed by atoms with Gasteiger partial charge in [-0.15, -0.1) is 0 Å². The molecule has 1 aromatic carbocycles. The third-order valence-corrected chi connectivity index (χ3v) is 6.78. The normalized spacial score (nSPS) is 21.2. The first-order valence-corrected chi connectivity index (χ1v) is 12.1. The molecule has 0 spiro atoms. The maximum atomic E-state index is 14.1. The number of amides is 1. The van der Waals surface area contributed by atoms with Gasteiger partial charge in [0.05, 0.1) is 16.6 Å². The third-order valence-electron chi connectivity index (χ3n) is 6.48. The lowest BCUT2D eigenvalue weighted by Crippen LogP contribution is -2.42. The van der Waals surface area contributed by atoms with Crippen molar-refractivity contribution in [2.24, 2.45) is 0 Å². The van der Waals surface area contributed by atoms with Crippen LogP contribution in [-0.2, 0) is 9.53 Å². The van der Waals surface area contributed by atoms with E-state index in [-0.39, 0.29) is 22.9 Å². The van der Waals surface area contributed by atoms with Crippen molar-refractivity contribution in [2.75, 3.05) is 38.2 Å². The highest BCUT2D eigenvalue weighted by molar-refractivity contribution is 6.30. The zero-order valence-electron chi connectivity index (χ0n) is 19.1. The minimum Gasteiger partial charge on any atom is -0.381 e. The van der Waals surface area contributed by atoms with E-state index in [1.807, 2.05) is 6.92 Å². The van der Waals surface area contributed by atoms with Crippen molar-refractivity contribution in [3.63, 3.8) is 0 Å². The van der Waals surface area contributed by atoms with Gasteiger partial charge in [-0.25, -0.2) is 18.7 Å². The van der Waals surface area contributed by atoms with Crippen molar-refractivity contribution in [1.82, 2.24) is 20.6 Å². The number of hydrogen-bond acceptors (Lipinski definition) is 6. The smallest absolute Gasteiger partial charge is 0.228 e. The third kappa shape index (κ3) is 5.82. The summed E-state index contributed by atoms with van der Waals surface area (Å²) in [5.74, 6) is -0.714. The second-order valence-electron chi connectivity index (χ2n) is 8.86. The van der Waals surface area contributed by atoms with E-state index in [1.54, 1.807) is 6.07 Å². The zero-order valence-corrected chi connectivity index (χ0v) is 19.9. The van der Waals surface area contributed by atoms with E-state index < -0.39 is 17.9 Å². The summed E-state index contributed by atoms with van der Waals surface area (Å²) in [6, 6.07) is 4.72. The van der Waals surface area contributed by atoms with Crippen molar-refractivity contribution in [1.29, 1.82) is 0 Å². The Morgan fingerprint density at radius 1 is 1.26 bits per heavy atom. The number of benzene rings is 1. The zero-order chi connectivity index (χ0) is 24.1. The molecule has 1 saturated heterocycles. The van der Waals surface area contributed by atoms with Gasteiger partial charge in [0.2, 0.25) is 5.91 Å². The summed E-state index contributed by atoms with van der Waals surface area (Å²) in [4.78, 5) is 21.4. The van der Waals surface area contributed by atoms with Crippen molar-refractivity contribution in [2.45, 2.75) is 50.2 Å². The van der Waals surface area contributed by atoms with Gasteiger partial charge in [0.15, 0.2) is 0 Å². The molecule has 1 aromatic heterocycles. The van der Waals surface area contributed by atoms with Gasteiger partial charge in [0.1, 0.15) is 24.1 Å². The Hall–Kier alpha value is -2.36. The molecular weight excluding hydrogens is 464 g/mol. The average molecular weight is 494 g/mol. The van der Waals surface area contributed by atoms with E-state index in [1.165, 1.54) is 18.5 Å². The highest BCUT2D eigenvalue weighted by Gasteiger charge is 2.32. The minimum atomic E-state index is -1.07. The Morgan fingerprint density at radius 2 is 2.06 bits per heavy atom. The van der Waals surface area contributed by atoms with Crippen molar-refractivity contribution < 1.29 is 18.3 Å². The number of ether oxygens (including phenoxy) is 1. The molecule has 1 amide bonds. The van der Waals surface area contributed by atoms with Gasteiger partial charge in [0, 0.05) is 44.5 Å². The summed E-state index contributed by atoms with van der Waals surface area (Å²) in [6.45, 7) is 4.44. The Bertz CT molecular complexity index is 1010. The van der Waals surface area contributed by atoms with Crippen LogP contribution in [0.15, 0.2) is 24.5 Å². The van der Waals surface area contributed by atoms with E-state index in [0.29, 0.717) is 56.3 Å². The van der Waals surface area contributed by atoms with Gasteiger partial charge in [-0.3, -0.25) is 4.79 Å². The number of anilines is 1. The molecule has 3 atom stereocenters. The number of nitrogens with zero attached hydrogens (tertiary/aromatic N) is 2. The Morgan fingerprint density at radius 3 is 2.82 bits per heavy atom. The Kier molecular flexibility index (Phi) is 8.28. The van der Waals surface area contributed by atoms with Crippen LogP contribution in [0, 0.1) is 5.82 Å². The van der Waals surface area contributed by atoms with E-state index in [0.717, 1.165) is 18.4 Å². The number of aromatic nitrogens is 2. The fourth-order valence-electron chi connectivity index (χ4n) is 4.59. The molecular formula is C24H30ClF2N5O2. The SMILES string of the molecule is C[C@@H]1C[C@@H](F)c2ncnc(NCCNC(=O)[C@H](CNC3CCOCC3)c3ccc(Cl)c(F)c3)c21. The molecule has 1 aliphatic heterocycles. The number of nitrogens with one attached hydrogen (secondary N) is 3. The first-order valence-electron chi connectivity index (χ1n) is 11.7. The molecule has 2 heterocycles. The molecule has 0 radical (unpaired) electrons. The molecule has 10 heteroatoms. The monoisotopic (exact) mass is 493 g/mol. The van der Waals surface area contributed by atoms with Crippen LogP contribution in [-0.4, -0.2) is 54.8 Å². The minimum absolute atomic E-state index is 0.0200. The molecule has 7 nitrogen and oxygen atoms in total. The molecule has 2 aromatic rings. The summed E-state index contributed by atoms with van der Waals surface area (Å²) < 4.78 is 33.6. The van der Waals surface area contributed by atoms with E-state index in [9.17, 15) is 13.6 Å². The highest BCUT2D eigenvalue weighted by Crippen LogP contribution is 2.43. The maximum absolute atomic E-state index is 14.1. The first kappa shape index (κ1) is 24.8. The van der Waals surface area contributed by atoms with Crippen molar-refractivity contribution in [3.8, 4) is 0 Å². The number of hydrogen-bond donors (Lipinski definition) is 3.